The molecule has 0 heterocycles. The number of amides is 2. The lowest BCUT2D eigenvalue weighted by Gasteiger charge is -2.29. The third-order valence-corrected chi connectivity index (χ3v) is 3.41. The zero-order valence-corrected chi connectivity index (χ0v) is 11.2. The van der Waals surface area contributed by atoms with Gasteiger partial charge in [0, 0.05) is 12.6 Å². The zero-order valence-electron chi connectivity index (χ0n) is 11.2. The maximum atomic E-state index is 11.6. The number of urea groups is 1. The average molecular weight is 256 g/mol. The fourth-order valence-corrected chi connectivity index (χ4v) is 2.29. The summed E-state index contributed by atoms with van der Waals surface area (Å²) in [5, 5.41) is 14.7. The van der Waals surface area contributed by atoms with Gasteiger partial charge in [-0.1, -0.05) is 26.7 Å². The van der Waals surface area contributed by atoms with Crippen molar-refractivity contribution in [3.8, 4) is 0 Å². The van der Waals surface area contributed by atoms with E-state index in [4.69, 9.17) is 5.11 Å². The van der Waals surface area contributed by atoms with E-state index in [0.717, 1.165) is 25.7 Å². The molecule has 0 aromatic heterocycles. The van der Waals surface area contributed by atoms with Crippen LogP contribution in [-0.4, -0.2) is 29.7 Å². The third kappa shape index (κ3) is 4.94. The van der Waals surface area contributed by atoms with Gasteiger partial charge in [-0.2, -0.15) is 0 Å². The Kier molecular flexibility index (Phi) is 5.95. The Balaban J connectivity index is 2.34. The van der Waals surface area contributed by atoms with Gasteiger partial charge in [-0.25, -0.2) is 4.79 Å². The molecule has 1 aliphatic carbocycles. The highest BCUT2D eigenvalue weighted by Gasteiger charge is 2.31. The van der Waals surface area contributed by atoms with E-state index < -0.39 is 11.9 Å². The Bertz CT molecular complexity index is 292. The van der Waals surface area contributed by atoms with Gasteiger partial charge in [0.1, 0.15) is 0 Å². The average Bonchev–Trinajstić information content (AvgIpc) is 2.28. The highest BCUT2D eigenvalue weighted by Crippen LogP contribution is 2.24. The predicted octanol–water partition coefficient (Wildman–Crippen LogP) is 1.98. The molecule has 0 aliphatic heterocycles. The number of hydrogen-bond acceptors (Lipinski definition) is 2. The first-order chi connectivity index (χ1) is 8.50. The summed E-state index contributed by atoms with van der Waals surface area (Å²) in [5.74, 6) is -0.691. The largest absolute Gasteiger partial charge is 0.481 e. The molecule has 3 N–H and O–H groups in total. The molecule has 1 aliphatic rings. The van der Waals surface area contributed by atoms with Gasteiger partial charge in [-0.3, -0.25) is 4.79 Å². The highest BCUT2D eigenvalue weighted by atomic mass is 16.4. The van der Waals surface area contributed by atoms with Crippen molar-refractivity contribution in [2.45, 2.75) is 52.0 Å². The summed E-state index contributed by atoms with van der Waals surface area (Å²) in [6.45, 7) is 4.83. The Labute approximate surface area is 108 Å². The Hall–Kier alpha value is -1.26. The van der Waals surface area contributed by atoms with E-state index in [-0.39, 0.29) is 12.1 Å². The minimum absolute atomic E-state index is 0.227. The summed E-state index contributed by atoms with van der Waals surface area (Å²) < 4.78 is 0. The van der Waals surface area contributed by atoms with Crippen LogP contribution in [0.1, 0.15) is 46.0 Å². The smallest absolute Gasteiger partial charge is 0.315 e. The second-order valence-corrected chi connectivity index (χ2v) is 5.42. The predicted molar refractivity (Wildman–Crippen MR) is 69.4 cm³/mol. The Morgan fingerprint density at radius 1 is 1.28 bits per heavy atom. The molecule has 5 heteroatoms. The molecule has 0 spiro atoms. The SMILES string of the molecule is CC(C)CCNC(=O)NC1CCCCC1C(=O)O. The van der Waals surface area contributed by atoms with E-state index >= 15 is 0 Å². The molecular formula is C13H24N2O3. The summed E-state index contributed by atoms with van der Waals surface area (Å²) in [6.07, 6.45) is 4.27. The van der Waals surface area contributed by atoms with Crippen LogP contribution >= 0.6 is 0 Å². The van der Waals surface area contributed by atoms with Crippen LogP contribution in [0, 0.1) is 11.8 Å². The van der Waals surface area contributed by atoms with Gasteiger partial charge in [0.15, 0.2) is 0 Å². The highest BCUT2D eigenvalue weighted by molar-refractivity contribution is 5.76. The van der Waals surface area contributed by atoms with Crippen LogP contribution < -0.4 is 10.6 Å². The van der Waals surface area contributed by atoms with Crippen LogP contribution in [0.2, 0.25) is 0 Å². The molecule has 104 valence electrons. The molecule has 2 atom stereocenters. The molecule has 0 radical (unpaired) electrons. The monoisotopic (exact) mass is 256 g/mol. The second-order valence-electron chi connectivity index (χ2n) is 5.42. The second kappa shape index (κ2) is 7.24. The van der Waals surface area contributed by atoms with E-state index in [1.807, 2.05) is 0 Å². The van der Waals surface area contributed by atoms with Gasteiger partial charge >= 0.3 is 12.0 Å². The fraction of sp³-hybridized carbons (Fsp3) is 0.846. The van der Waals surface area contributed by atoms with Crippen molar-refractivity contribution in [1.29, 1.82) is 0 Å². The van der Waals surface area contributed by atoms with Crippen LogP contribution in [0.5, 0.6) is 0 Å². The first kappa shape index (κ1) is 14.8. The van der Waals surface area contributed by atoms with E-state index in [0.29, 0.717) is 18.9 Å². The van der Waals surface area contributed by atoms with Crippen LogP contribution in [0.4, 0.5) is 4.79 Å². The number of carbonyl (C=O) groups is 2. The standard InChI is InChI=1S/C13H24N2O3/c1-9(2)7-8-14-13(18)15-11-6-4-3-5-10(11)12(16)17/h9-11H,3-8H2,1-2H3,(H,16,17)(H2,14,15,18). The maximum absolute atomic E-state index is 11.6. The van der Waals surface area contributed by atoms with Crippen molar-refractivity contribution in [1.82, 2.24) is 10.6 Å². The van der Waals surface area contributed by atoms with Gasteiger partial charge in [-0.15, -0.1) is 0 Å². The summed E-state index contributed by atoms with van der Waals surface area (Å²) >= 11 is 0. The van der Waals surface area contributed by atoms with Crippen LogP contribution in [0.3, 0.4) is 0 Å². The molecule has 1 saturated carbocycles. The first-order valence-corrected chi connectivity index (χ1v) is 6.78. The number of hydrogen-bond donors (Lipinski definition) is 3. The first-order valence-electron chi connectivity index (χ1n) is 6.78. The Morgan fingerprint density at radius 2 is 1.94 bits per heavy atom. The van der Waals surface area contributed by atoms with Crippen molar-refractivity contribution in [2.75, 3.05) is 6.54 Å². The number of carboxylic acids is 1. The van der Waals surface area contributed by atoms with Crippen molar-refractivity contribution in [2.24, 2.45) is 11.8 Å². The normalized spacial score (nSPS) is 23.7. The van der Waals surface area contributed by atoms with Crippen molar-refractivity contribution in [3.63, 3.8) is 0 Å². The van der Waals surface area contributed by atoms with Crippen molar-refractivity contribution in [3.05, 3.63) is 0 Å². The minimum atomic E-state index is -0.804. The summed E-state index contributed by atoms with van der Waals surface area (Å²) in [6, 6.07) is -0.468. The number of aliphatic carboxylic acids is 1. The molecule has 5 nitrogen and oxygen atoms in total. The topological polar surface area (TPSA) is 78.4 Å². The molecule has 0 saturated heterocycles. The molecule has 0 aromatic carbocycles. The lowest BCUT2D eigenvalue weighted by atomic mass is 9.84. The van der Waals surface area contributed by atoms with Gasteiger partial charge in [0.25, 0.3) is 0 Å². The van der Waals surface area contributed by atoms with Gasteiger partial charge < -0.3 is 15.7 Å². The molecular weight excluding hydrogens is 232 g/mol. The lowest BCUT2D eigenvalue weighted by molar-refractivity contribution is -0.143. The number of rotatable bonds is 5. The van der Waals surface area contributed by atoms with Crippen molar-refractivity contribution < 1.29 is 14.7 Å². The Morgan fingerprint density at radius 3 is 2.56 bits per heavy atom. The van der Waals surface area contributed by atoms with E-state index in [1.54, 1.807) is 0 Å². The molecule has 1 rings (SSSR count). The van der Waals surface area contributed by atoms with Gasteiger partial charge in [0.2, 0.25) is 0 Å². The molecule has 2 unspecified atom stereocenters. The lowest BCUT2D eigenvalue weighted by Crippen LogP contribution is -2.49. The minimum Gasteiger partial charge on any atom is -0.481 e. The van der Waals surface area contributed by atoms with E-state index in [2.05, 4.69) is 24.5 Å². The maximum Gasteiger partial charge on any atom is 0.315 e. The third-order valence-electron chi connectivity index (χ3n) is 3.41. The molecule has 0 bridgehead atoms. The fourth-order valence-electron chi connectivity index (χ4n) is 2.29. The quantitative estimate of drug-likeness (QED) is 0.703. The van der Waals surface area contributed by atoms with Crippen LogP contribution in [0.25, 0.3) is 0 Å². The molecule has 2 amide bonds. The zero-order chi connectivity index (χ0) is 13.5. The summed E-state index contributed by atoms with van der Waals surface area (Å²) in [5.41, 5.74) is 0. The number of carbonyl (C=O) groups excluding carboxylic acids is 1. The summed E-state index contributed by atoms with van der Waals surface area (Å²) in [4.78, 5) is 22.7. The number of carboxylic acid groups (broad SMARTS) is 1. The van der Waals surface area contributed by atoms with Gasteiger partial charge in [0.05, 0.1) is 5.92 Å². The van der Waals surface area contributed by atoms with E-state index in [9.17, 15) is 9.59 Å². The molecule has 1 fully saturated rings. The van der Waals surface area contributed by atoms with E-state index in [1.165, 1.54) is 0 Å². The van der Waals surface area contributed by atoms with Gasteiger partial charge in [-0.05, 0) is 25.2 Å². The number of nitrogens with one attached hydrogen (secondary N) is 2. The molecule has 0 aromatic rings. The van der Waals surface area contributed by atoms with Crippen molar-refractivity contribution >= 4 is 12.0 Å². The summed E-state index contributed by atoms with van der Waals surface area (Å²) in [7, 11) is 0. The van der Waals surface area contributed by atoms with Crippen LogP contribution in [-0.2, 0) is 4.79 Å². The molecule has 18 heavy (non-hydrogen) atoms. The van der Waals surface area contributed by atoms with Crippen LogP contribution in [0.15, 0.2) is 0 Å².